The van der Waals surface area contributed by atoms with Crippen LogP contribution in [0.1, 0.15) is 24.0 Å². The fourth-order valence-electron chi connectivity index (χ4n) is 2.03. The van der Waals surface area contributed by atoms with Gasteiger partial charge in [0, 0.05) is 13.5 Å². The van der Waals surface area contributed by atoms with Crippen molar-refractivity contribution in [2.45, 2.75) is 25.7 Å². The van der Waals surface area contributed by atoms with Gasteiger partial charge in [-0.25, -0.2) is 5.43 Å². The lowest BCUT2D eigenvalue weighted by Crippen LogP contribution is -2.34. The molecule has 0 saturated heterocycles. The first-order chi connectivity index (χ1) is 8.29. The average molecular weight is 234 g/mol. The highest BCUT2D eigenvalue weighted by Gasteiger charge is 2.10. The molecule has 1 heterocycles. The topological polar surface area (TPSA) is 50.4 Å². The Morgan fingerprint density at radius 1 is 1.47 bits per heavy atom. The highest BCUT2D eigenvalue weighted by atomic mass is 16.5. The molecule has 4 heteroatoms. The third kappa shape index (κ3) is 3.20. The van der Waals surface area contributed by atoms with Gasteiger partial charge in [-0.05, 0) is 36.5 Å². The van der Waals surface area contributed by atoms with Gasteiger partial charge in [0.25, 0.3) is 0 Å². The van der Waals surface area contributed by atoms with E-state index in [1.54, 1.807) is 7.05 Å². The van der Waals surface area contributed by atoms with Gasteiger partial charge in [-0.1, -0.05) is 12.1 Å². The van der Waals surface area contributed by atoms with E-state index in [9.17, 15) is 4.79 Å². The van der Waals surface area contributed by atoms with Crippen LogP contribution in [0.5, 0.6) is 5.75 Å². The first kappa shape index (κ1) is 11.9. The van der Waals surface area contributed by atoms with Crippen molar-refractivity contribution >= 4 is 5.91 Å². The van der Waals surface area contributed by atoms with Crippen LogP contribution in [0.2, 0.25) is 0 Å². The highest BCUT2D eigenvalue weighted by molar-refractivity contribution is 5.75. The van der Waals surface area contributed by atoms with E-state index in [0.29, 0.717) is 6.42 Å². The number of benzene rings is 1. The van der Waals surface area contributed by atoms with Crippen molar-refractivity contribution in [3.8, 4) is 5.75 Å². The van der Waals surface area contributed by atoms with Crippen LogP contribution >= 0.6 is 0 Å². The molecule has 2 N–H and O–H groups in total. The molecule has 1 aliphatic rings. The fourth-order valence-corrected chi connectivity index (χ4v) is 2.03. The van der Waals surface area contributed by atoms with E-state index in [0.717, 1.165) is 31.6 Å². The van der Waals surface area contributed by atoms with Crippen molar-refractivity contribution in [3.05, 3.63) is 29.3 Å². The lowest BCUT2D eigenvalue weighted by atomic mass is 10.0. The lowest BCUT2D eigenvalue weighted by molar-refractivity contribution is -0.121. The molecule has 1 amide bonds. The first-order valence-electron chi connectivity index (χ1n) is 6.00. The predicted octanol–water partition coefficient (Wildman–Crippen LogP) is 1.19. The number of hydrogen-bond acceptors (Lipinski definition) is 3. The second-order valence-corrected chi connectivity index (χ2v) is 4.19. The Kier molecular flexibility index (Phi) is 3.98. The van der Waals surface area contributed by atoms with Crippen LogP contribution in [0, 0.1) is 0 Å². The summed E-state index contributed by atoms with van der Waals surface area (Å²) in [5.74, 6) is 1.01. The molecule has 1 aromatic carbocycles. The molecule has 0 aliphatic carbocycles. The predicted molar refractivity (Wildman–Crippen MR) is 65.8 cm³/mol. The van der Waals surface area contributed by atoms with E-state index >= 15 is 0 Å². The number of rotatable bonds is 4. The van der Waals surface area contributed by atoms with Crippen LogP contribution < -0.4 is 15.6 Å². The Morgan fingerprint density at radius 3 is 3.18 bits per heavy atom. The third-order valence-electron chi connectivity index (χ3n) is 2.88. The zero-order valence-electron chi connectivity index (χ0n) is 10.1. The third-order valence-corrected chi connectivity index (χ3v) is 2.88. The number of carbonyl (C=O) groups is 1. The molecule has 4 nitrogen and oxygen atoms in total. The van der Waals surface area contributed by atoms with E-state index in [2.05, 4.69) is 16.9 Å². The van der Waals surface area contributed by atoms with Gasteiger partial charge < -0.3 is 4.74 Å². The number of hydrogen-bond donors (Lipinski definition) is 2. The van der Waals surface area contributed by atoms with Crippen LogP contribution in [0.25, 0.3) is 0 Å². The molecule has 1 aliphatic heterocycles. The molecule has 0 aromatic heterocycles. The number of fused-ring (bicyclic) bond motifs is 1. The van der Waals surface area contributed by atoms with E-state index in [1.807, 2.05) is 12.1 Å². The van der Waals surface area contributed by atoms with Crippen molar-refractivity contribution in [1.29, 1.82) is 0 Å². The quantitative estimate of drug-likeness (QED) is 0.770. The number of aryl methyl sites for hydroxylation is 2. The first-order valence-corrected chi connectivity index (χ1v) is 6.00. The van der Waals surface area contributed by atoms with Gasteiger partial charge in [-0.3, -0.25) is 10.2 Å². The molecule has 0 fully saturated rings. The van der Waals surface area contributed by atoms with Crippen molar-refractivity contribution < 1.29 is 9.53 Å². The summed E-state index contributed by atoms with van der Waals surface area (Å²) in [6.45, 7) is 0.816. The van der Waals surface area contributed by atoms with Crippen molar-refractivity contribution in [2.24, 2.45) is 0 Å². The maximum absolute atomic E-state index is 11.3. The summed E-state index contributed by atoms with van der Waals surface area (Å²) in [7, 11) is 1.69. The van der Waals surface area contributed by atoms with E-state index in [1.165, 1.54) is 11.1 Å². The zero-order valence-corrected chi connectivity index (χ0v) is 10.1. The van der Waals surface area contributed by atoms with E-state index in [4.69, 9.17) is 4.74 Å². The maximum Gasteiger partial charge on any atom is 0.234 e. The van der Waals surface area contributed by atoms with Crippen LogP contribution in [0.3, 0.4) is 0 Å². The van der Waals surface area contributed by atoms with Gasteiger partial charge in [0.15, 0.2) is 0 Å². The Bertz CT molecular complexity index is 404. The van der Waals surface area contributed by atoms with Crippen molar-refractivity contribution in [3.63, 3.8) is 0 Å². The van der Waals surface area contributed by atoms with Crippen molar-refractivity contribution in [2.75, 3.05) is 13.7 Å². The normalized spacial score (nSPS) is 13.7. The van der Waals surface area contributed by atoms with Gasteiger partial charge in [0.05, 0.1) is 6.61 Å². The second-order valence-electron chi connectivity index (χ2n) is 4.19. The number of carbonyl (C=O) groups excluding carboxylic acids is 1. The molecule has 0 unspecified atom stereocenters. The fraction of sp³-hybridized carbons (Fsp3) is 0.462. The van der Waals surface area contributed by atoms with Gasteiger partial charge in [-0.15, -0.1) is 0 Å². The SMILES string of the molecule is CNNC(=O)CCc1ccc2c(c1)CCCO2. The number of amides is 1. The molecule has 0 bridgehead atoms. The van der Waals surface area contributed by atoms with Gasteiger partial charge >= 0.3 is 0 Å². The molecule has 2 rings (SSSR count). The molecule has 1 aromatic rings. The van der Waals surface area contributed by atoms with Crippen molar-refractivity contribution in [1.82, 2.24) is 10.9 Å². The molecule has 92 valence electrons. The Labute approximate surface area is 101 Å². The lowest BCUT2D eigenvalue weighted by Gasteiger charge is -2.17. The minimum absolute atomic E-state index is 0.0153. The largest absolute Gasteiger partial charge is 0.493 e. The maximum atomic E-state index is 11.3. The molecule has 0 saturated carbocycles. The van der Waals surface area contributed by atoms with Gasteiger partial charge in [0.2, 0.25) is 5.91 Å². The summed E-state index contributed by atoms with van der Waals surface area (Å²) in [5.41, 5.74) is 7.66. The monoisotopic (exact) mass is 234 g/mol. The number of nitrogens with one attached hydrogen (secondary N) is 2. The molecule has 0 atom stereocenters. The average Bonchev–Trinajstić information content (AvgIpc) is 2.36. The summed E-state index contributed by atoms with van der Waals surface area (Å²) >= 11 is 0. The minimum Gasteiger partial charge on any atom is -0.493 e. The summed E-state index contributed by atoms with van der Waals surface area (Å²) in [5, 5.41) is 0. The molecular weight excluding hydrogens is 216 g/mol. The molecular formula is C13H18N2O2. The summed E-state index contributed by atoms with van der Waals surface area (Å²) in [4.78, 5) is 11.3. The Balaban J connectivity index is 1.95. The van der Waals surface area contributed by atoms with Crippen LogP contribution in [-0.4, -0.2) is 19.6 Å². The zero-order chi connectivity index (χ0) is 12.1. The van der Waals surface area contributed by atoms with Gasteiger partial charge in [0.1, 0.15) is 5.75 Å². The summed E-state index contributed by atoms with van der Waals surface area (Å²) in [6, 6.07) is 6.21. The number of hydrazine groups is 1. The Hall–Kier alpha value is -1.55. The second kappa shape index (κ2) is 5.68. The van der Waals surface area contributed by atoms with E-state index in [-0.39, 0.29) is 5.91 Å². The van der Waals surface area contributed by atoms with Crippen LogP contribution in [0.15, 0.2) is 18.2 Å². The van der Waals surface area contributed by atoms with E-state index < -0.39 is 0 Å². The molecule has 0 spiro atoms. The van der Waals surface area contributed by atoms with Crippen LogP contribution in [0.4, 0.5) is 0 Å². The Morgan fingerprint density at radius 2 is 2.35 bits per heavy atom. The highest BCUT2D eigenvalue weighted by Crippen LogP contribution is 2.25. The molecule has 0 radical (unpaired) electrons. The smallest absolute Gasteiger partial charge is 0.234 e. The standard InChI is InChI=1S/C13H18N2O2/c1-14-15-13(16)7-5-10-4-6-12-11(9-10)3-2-8-17-12/h4,6,9,14H,2-3,5,7-8H2,1H3,(H,15,16). The molecule has 17 heavy (non-hydrogen) atoms. The van der Waals surface area contributed by atoms with Crippen LogP contribution in [-0.2, 0) is 17.6 Å². The summed E-state index contributed by atoms with van der Waals surface area (Å²) in [6.07, 6.45) is 3.42. The number of ether oxygens (including phenoxy) is 1. The van der Waals surface area contributed by atoms with Gasteiger partial charge in [-0.2, -0.15) is 0 Å². The summed E-state index contributed by atoms with van der Waals surface area (Å²) < 4.78 is 5.55. The minimum atomic E-state index is 0.0153.